The number of sulfonamides is 1. The summed E-state index contributed by atoms with van der Waals surface area (Å²) in [6.45, 7) is 4.08. The lowest BCUT2D eigenvalue weighted by Crippen LogP contribution is -2.30. The number of carbonyl (C=O) groups is 2. The second-order valence-corrected chi connectivity index (χ2v) is 15.3. The fraction of sp³-hybridized carbons (Fsp3) is 0.171. The lowest BCUT2D eigenvalue weighted by molar-refractivity contribution is -0.113. The minimum atomic E-state index is -3.73. The summed E-state index contributed by atoms with van der Waals surface area (Å²) in [4.78, 5) is 35.8. The number of ether oxygens (including phenoxy) is 2. The molecule has 15 heteroatoms. The predicted octanol–water partition coefficient (Wildman–Crippen LogP) is 7.63. The van der Waals surface area contributed by atoms with Gasteiger partial charge in [-0.25, -0.2) is 27.6 Å². The van der Waals surface area contributed by atoms with Crippen LogP contribution in [0.5, 0.6) is 5.75 Å². The first-order chi connectivity index (χ1) is 27.1. The van der Waals surface area contributed by atoms with Crippen LogP contribution in [0.3, 0.4) is 0 Å². The molecule has 0 bridgehead atoms. The van der Waals surface area contributed by atoms with Crippen LogP contribution in [0.1, 0.15) is 30.0 Å². The van der Waals surface area contributed by atoms with E-state index in [0.717, 1.165) is 5.69 Å². The summed E-state index contributed by atoms with van der Waals surface area (Å²) in [5.74, 6) is -0.363. The SMILES string of the molecule is CCN(CC)S(=O)(=O)c1ccc2c(c1)nc(SCC(=O)Nc1ccc(C(=O)OCc3nc4ccc(F)cc4n3-c3ccccc3)cc1)n2-c1ccccc1OC. The molecule has 0 aliphatic carbocycles. The fourth-order valence-electron chi connectivity index (χ4n) is 6.35. The summed E-state index contributed by atoms with van der Waals surface area (Å²) in [7, 11) is -2.17. The summed E-state index contributed by atoms with van der Waals surface area (Å²) in [5.41, 5.74) is 4.35. The van der Waals surface area contributed by atoms with Crippen LogP contribution in [0.15, 0.2) is 125 Å². The number of nitrogens with one attached hydrogen (secondary N) is 1. The molecule has 286 valence electrons. The van der Waals surface area contributed by atoms with Gasteiger partial charge >= 0.3 is 5.97 Å². The molecule has 1 N–H and O–H groups in total. The number of imidazole rings is 2. The number of thioether (sulfide) groups is 1. The summed E-state index contributed by atoms with van der Waals surface area (Å²) in [6.07, 6.45) is 0. The molecule has 2 aromatic heterocycles. The Kier molecular flexibility index (Phi) is 11.2. The standard InChI is InChI=1S/C41H37FN6O6S2/c1-4-46(5-2)56(51,52)31-20-22-34-33(24-31)45-41(48(34)35-13-9-10-14-37(35)53-3)55-26-39(49)43-29-18-15-27(16-19-29)40(50)54-25-38-44-32-21-17-28(42)23-36(32)47(38)30-11-7-6-8-12-30/h6-24H,4-5,25-26H2,1-3H3,(H,43,49). The number of hydrogen-bond donors (Lipinski definition) is 1. The van der Waals surface area contributed by atoms with Gasteiger partial charge in [0.1, 0.15) is 18.2 Å². The number of fused-ring (bicyclic) bond motifs is 2. The maximum atomic E-state index is 14.2. The molecular weight excluding hydrogens is 756 g/mol. The molecule has 5 aromatic carbocycles. The molecule has 2 heterocycles. The Morgan fingerprint density at radius 1 is 0.821 bits per heavy atom. The zero-order chi connectivity index (χ0) is 39.4. The van der Waals surface area contributed by atoms with Gasteiger partial charge in [-0.15, -0.1) is 0 Å². The van der Waals surface area contributed by atoms with Crippen molar-refractivity contribution in [1.82, 2.24) is 23.4 Å². The lowest BCUT2D eigenvalue weighted by atomic mass is 10.2. The monoisotopic (exact) mass is 792 g/mol. The fourth-order valence-corrected chi connectivity index (χ4v) is 8.65. The van der Waals surface area contributed by atoms with Crippen molar-refractivity contribution in [3.05, 3.63) is 132 Å². The van der Waals surface area contributed by atoms with Gasteiger partial charge in [0.05, 0.1) is 51.1 Å². The third-order valence-corrected chi connectivity index (χ3v) is 12.0. The minimum Gasteiger partial charge on any atom is -0.495 e. The summed E-state index contributed by atoms with van der Waals surface area (Å²) in [6, 6.07) is 32.1. The van der Waals surface area contributed by atoms with Crippen LogP contribution in [0.2, 0.25) is 0 Å². The van der Waals surface area contributed by atoms with Gasteiger partial charge in [-0.1, -0.05) is 55.9 Å². The number of aromatic nitrogens is 4. The molecule has 7 rings (SSSR count). The topological polar surface area (TPSA) is 138 Å². The van der Waals surface area contributed by atoms with Gasteiger partial charge in [0.15, 0.2) is 11.0 Å². The van der Waals surface area contributed by atoms with Crippen LogP contribution in [0, 0.1) is 5.82 Å². The largest absolute Gasteiger partial charge is 0.495 e. The van der Waals surface area contributed by atoms with Crippen molar-refractivity contribution in [3.63, 3.8) is 0 Å². The van der Waals surface area contributed by atoms with Crippen LogP contribution in [0.25, 0.3) is 33.4 Å². The van der Waals surface area contributed by atoms with Crippen molar-refractivity contribution in [2.75, 3.05) is 31.3 Å². The van der Waals surface area contributed by atoms with Gasteiger partial charge in [0.25, 0.3) is 0 Å². The van der Waals surface area contributed by atoms with Crippen molar-refractivity contribution in [1.29, 1.82) is 0 Å². The Morgan fingerprint density at radius 3 is 2.29 bits per heavy atom. The van der Waals surface area contributed by atoms with Gasteiger partial charge in [-0.05, 0) is 78.9 Å². The molecule has 1 amide bonds. The third-order valence-electron chi connectivity index (χ3n) is 9.03. The van der Waals surface area contributed by atoms with Gasteiger partial charge in [-0.2, -0.15) is 4.31 Å². The number of anilines is 1. The number of halogens is 1. The highest BCUT2D eigenvalue weighted by molar-refractivity contribution is 7.99. The highest BCUT2D eigenvalue weighted by Crippen LogP contribution is 2.34. The molecule has 7 aromatic rings. The van der Waals surface area contributed by atoms with Gasteiger partial charge in [-0.3, -0.25) is 13.9 Å². The number of amides is 1. The predicted molar refractivity (Wildman–Crippen MR) is 214 cm³/mol. The average Bonchev–Trinajstić information content (AvgIpc) is 3.77. The number of methoxy groups -OCH3 is 1. The number of rotatable bonds is 14. The van der Waals surface area contributed by atoms with Crippen LogP contribution in [-0.2, 0) is 26.2 Å². The Bertz CT molecular complexity index is 2660. The Hall–Kier alpha value is -6.03. The average molecular weight is 793 g/mol. The molecule has 0 saturated carbocycles. The first-order valence-corrected chi connectivity index (χ1v) is 20.1. The van der Waals surface area contributed by atoms with E-state index in [1.54, 1.807) is 74.1 Å². The van der Waals surface area contributed by atoms with Crippen LogP contribution < -0.4 is 10.1 Å². The van der Waals surface area contributed by atoms with Crippen molar-refractivity contribution in [3.8, 4) is 17.1 Å². The van der Waals surface area contributed by atoms with E-state index >= 15 is 0 Å². The maximum absolute atomic E-state index is 14.2. The van der Waals surface area contributed by atoms with E-state index < -0.39 is 21.8 Å². The number of hydrogen-bond acceptors (Lipinski definition) is 9. The molecule has 0 spiro atoms. The second kappa shape index (κ2) is 16.4. The molecule has 0 aliphatic rings. The molecule has 12 nitrogen and oxygen atoms in total. The number of nitrogens with zero attached hydrogens (tertiary/aromatic N) is 5. The molecule has 0 aliphatic heterocycles. The molecule has 56 heavy (non-hydrogen) atoms. The zero-order valence-electron chi connectivity index (χ0n) is 30.7. The van der Waals surface area contributed by atoms with E-state index in [0.29, 0.717) is 63.3 Å². The van der Waals surface area contributed by atoms with Crippen molar-refractivity contribution in [2.45, 2.75) is 30.5 Å². The number of benzene rings is 5. The highest BCUT2D eigenvalue weighted by Gasteiger charge is 2.25. The van der Waals surface area contributed by atoms with Crippen molar-refractivity contribution in [2.24, 2.45) is 0 Å². The van der Waals surface area contributed by atoms with E-state index in [4.69, 9.17) is 14.5 Å². The maximum Gasteiger partial charge on any atom is 0.338 e. The van der Waals surface area contributed by atoms with Gasteiger partial charge in [0, 0.05) is 30.5 Å². The molecule has 0 atom stereocenters. The second-order valence-electron chi connectivity index (χ2n) is 12.5. The summed E-state index contributed by atoms with van der Waals surface area (Å²) >= 11 is 1.18. The van der Waals surface area contributed by atoms with E-state index in [-0.39, 0.29) is 28.7 Å². The minimum absolute atomic E-state index is 0.0286. The number of carbonyl (C=O) groups excluding carboxylic acids is 2. The molecule has 0 fully saturated rings. The molecule has 0 radical (unpaired) electrons. The highest BCUT2D eigenvalue weighted by atomic mass is 32.2. The van der Waals surface area contributed by atoms with Crippen molar-refractivity contribution < 1.29 is 31.9 Å². The molecule has 0 unspecified atom stereocenters. The van der Waals surface area contributed by atoms with Crippen LogP contribution in [0.4, 0.5) is 10.1 Å². The van der Waals surface area contributed by atoms with E-state index in [2.05, 4.69) is 10.3 Å². The Labute approximate surface area is 326 Å². The van der Waals surface area contributed by atoms with E-state index in [1.807, 2.05) is 59.2 Å². The Balaban J connectivity index is 1.05. The molecular formula is C41H37FN6O6S2. The first-order valence-electron chi connectivity index (χ1n) is 17.7. The smallest absolute Gasteiger partial charge is 0.338 e. The third kappa shape index (κ3) is 7.74. The number of esters is 1. The van der Waals surface area contributed by atoms with E-state index in [9.17, 15) is 22.4 Å². The van der Waals surface area contributed by atoms with Gasteiger partial charge < -0.3 is 14.8 Å². The first kappa shape index (κ1) is 38.3. The van der Waals surface area contributed by atoms with Crippen LogP contribution >= 0.6 is 11.8 Å². The van der Waals surface area contributed by atoms with E-state index in [1.165, 1.54) is 28.2 Å². The number of para-hydroxylation sites is 3. The summed E-state index contributed by atoms with van der Waals surface area (Å²) < 4.78 is 57.0. The van der Waals surface area contributed by atoms with Crippen LogP contribution in [-0.4, -0.2) is 69.7 Å². The van der Waals surface area contributed by atoms with Crippen molar-refractivity contribution >= 4 is 61.4 Å². The Morgan fingerprint density at radius 2 is 1.55 bits per heavy atom. The lowest BCUT2D eigenvalue weighted by Gasteiger charge is -2.18. The zero-order valence-corrected chi connectivity index (χ0v) is 32.3. The normalized spacial score (nSPS) is 11.7. The quantitative estimate of drug-likeness (QED) is 0.0871. The summed E-state index contributed by atoms with van der Waals surface area (Å²) in [5, 5.41) is 3.31. The van der Waals surface area contributed by atoms with Gasteiger partial charge in [0.2, 0.25) is 15.9 Å². The molecule has 0 saturated heterocycles.